The van der Waals surface area contributed by atoms with Crippen LogP contribution in [0.25, 0.3) is 0 Å². The van der Waals surface area contributed by atoms with Crippen LogP contribution in [0, 0.1) is 0 Å². The summed E-state index contributed by atoms with van der Waals surface area (Å²) < 4.78 is 33.9. The van der Waals surface area contributed by atoms with Gasteiger partial charge in [-0.25, -0.2) is 13.6 Å². The fourth-order valence-electron chi connectivity index (χ4n) is 3.48. The van der Waals surface area contributed by atoms with E-state index in [4.69, 9.17) is 9.84 Å². The van der Waals surface area contributed by atoms with Crippen LogP contribution in [0.3, 0.4) is 0 Å². The van der Waals surface area contributed by atoms with Crippen LogP contribution >= 0.6 is 0 Å². The first-order valence-corrected chi connectivity index (χ1v) is 9.24. The number of alkyl halides is 2. The van der Waals surface area contributed by atoms with E-state index in [2.05, 4.69) is 15.6 Å². The summed E-state index contributed by atoms with van der Waals surface area (Å²) in [4.78, 5) is 39.8. The molecule has 0 spiro atoms. The first-order valence-electron chi connectivity index (χ1n) is 9.24. The van der Waals surface area contributed by atoms with Crippen molar-refractivity contribution in [1.29, 1.82) is 0 Å². The van der Waals surface area contributed by atoms with Gasteiger partial charge in [0.1, 0.15) is 5.82 Å². The van der Waals surface area contributed by atoms with Crippen LogP contribution in [0.5, 0.6) is 0 Å². The zero-order valence-corrected chi connectivity index (χ0v) is 15.6. The van der Waals surface area contributed by atoms with E-state index in [0.717, 1.165) is 11.8 Å². The first kappa shape index (κ1) is 20.1. The number of benzene rings is 1. The molecule has 0 radical (unpaired) electrons. The summed E-state index contributed by atoms with van der Waals surface area (Å²) in [6.45, 7) is -0.590. The summed E-state index contributed by atoms with van der Waals surface area (Å²) in [5.41, 5.74) is 0.725. The maximum Gasteiger partial charge on any atom is 0.351 e. The number of amides is 2. The highest BCUT2D eigenvalue weighted by atomic mass is 19.3. The molecule has 30 heavy (non-hydrogen) atoms. The van der Waals surface area contributed by atoms with Gasteiger partial charge in [-0.3, -0.25) is 14.2 Å². The van der Waals surface area contributed by atoms with Gasteiger partial charge in [-0.2, -0.15) is 4.98 Å². The maximum absolute atomic E-state index is 14.1. The number of fused-ring (bicyclic) bond motifs is 1. The number of nitrogens with one attached hydrogen (secondary N) is 2. The van der Waals surface area contributed by atoms with Crippen LogP contribution < -0.4 is 16.3 Å². The van der Waals surface area contributed by atoms with Crippen molar-refractivity contribution >= 4 is 23.3 Å². The van der Waals surface area contributed by atoms with Crippen molar-refractivity contribution in [2.75, 3.05) is 17.2 Å². The van der Waals surface area contributed by atoms with E-state index >= 15 is 0 Å². The van der Waals surface area contributed by atoms with Crippen molar-refractivity contribution in [1.82, 2.24) is 9.55 Å². The van der Waals surface area contributed by atoms with Crippen LogP contribution in [-0.2, 0) is 16.0 Å². The molecule has 2 aliphatic rings. The minimum atomic E-state index is -3.35. The zero-order valence-electron chi connectivity index (χ0n) is 15.6. The number of hydrogen-bond donors (Lipinski definition) is 3. The summed E-state index contributed by atoms with van der Waals surface area (Å²) in [7, 11) is 0. The van der Waals surface area contributed by atoms with Crippen LogP contribution in [0.15, 0.2) is 35.3 Å². The fourth-order valence-corrected chi connectivity index (χ4v) is 3.48. The van der Waals surface area contributed by atoms with E-state index in [9.17, 15) is 23.2 Å². The maximum atomic E-state index is 14.1. The van der Waals surface area contributed by atoms with Crippen molar-refractivity contribution in [2.45, 2.75) is 37.5 Å². The van der Waals surface area contributed by atoms with Crippen molar-refractivity contribution in [3.8, 4) is 0 Å². The van der Waals surface area contributed by atoms with Gasteiger partial charge in [0.2, 0.25) is 12.1 Å². The van der Waals surface area contributed by atoms with Gasteiger partial charge < -0.3 is 20.5 Å². The van der Waals surface area contributed by atoms with Gasteiger partial charge in [-0.05, 0) is 36.2 Å². The predicted molar refractivity (Wildman–Crippen MR) is 100 cm³/mol. The molecular weight excluding hydrogens is 402 g/mol. The van der Waals surface area contributed by atoms with Crippen LogP contribution in [0.2, 0.25) is 0 Å². The number of aliphatic hydroxyl groups excluding tert-OH is 1. The number of halogens is 2. The summed E-state index contributed by atoms with van der Waals surface area (Å²) in [5.74, 6) is -4.08. The quantitative estimate of drug-likeness (QED) is 0.685. The molecule has 0 saturated carbocycles. The molecule has 1 aromatic heterocycles. The normalized spacial score (nSPS) is 22.3. The number of aryl methyl sites for hydroxylation is 1. The molecule has 2 aliphatic heterocycles. The molecule has 11 heteroatoms. The number of nitrogens with zero attached hydrogens (tertiary/aromatic N) is 2. The standard InChI is InChI=1S/C19H18F2N4O5/c20-19(21)8-12(9-26)30-17(19)25-6-5-14(24-18(25)29)23-16(28)11-1-3-13-10(7-11)2-4-15(27)22-13/h1,3,5-7,12,17,26H,2,4,8-9H2,(H,22,27)(H,23,24,28,29). The molecule has 3 heterocycles. The summed E-state index contributed by atoms with van der Waals surface area (Å²) in [6, 6.07) is 5.98. The van der Waals surface area contributed by atoms with Crippen LogP contribution in [-0.4, -0.2) is 45.1 Å². The van der Waals surface area contributed by atoms with Gasteiger partial charge in [0.05, 0.1) is 12.7 Å². The van der Waals surface area contributed by atoms with Crippen LogP contribution in [0.4, 0.5) is 20.3 Å². The molecule has 1 saturated heterocycles. The van der Waals surface area contributed by atoms with Crippen molar-refractivity contribution in [3.05, 3.63) is 52.1 Å². The molecule has 0 bridgehead atoms. The smallest absolute Gasteiger partial charge is 0.351 e. The van der Waals surface area contributed by atoms with E-state index in [1.54, 1.807) is 12.1 Å². The third-order valence-electron chi connectivity index (χ3n) is 4.97. The Labute approximate surface area is 168 Å². The highest BCUT2D eigenvalue weighted by Crippen LogP contribution is 2.41. The Morgan fingerprint density at radius 1 is 1.33 bits per heavy atom. The van der Waals surface area contributed by atoms with Gasteiger partial charge in [0, 0.05) is 30.3 Å². The number of ether oxygens (including phenoxy) is 1. The number of hydrogen-bond acceptors (Lipinski definition) is 6. The molecule has 0 aliphatic carbocycles. The molecule has 4 rings (SSSR count). The molecule has 1 aromatic carbocycles. The second-order valence-corrected chi connectivity index (χ2v) is 7.14. The van der Waals surface area contributed by atoms with E-state index in [1.807, 2.05) is 0 Å². The lowest BCUT2D eigenvalue weighted by atomic mass is 10.00. The van der Waals surface area contributed by atoms with E-state index in [-0.39, 0.29) is 11.7 Å². The molecule has 2 unspecified atom stereocenters. The van der Waals surface area contributed by atoms with E-state index < -0.39 is 42.9 Å². The molecule has 2 amide bonds. The minimum Gasteiger partial charge on any atom is -0.394 e. The Morgan fingerprint density at radius 3 is 2.83 bits per heavy atom. The highest BCUT2D eigenvalue weighted by Gasteiger charge is 2.51. The lowest BCUT2D eigenvalue weighted by Gasteiger charge is -2.20. The summed E-state index contributed by atoms with van der Waals surface area (Å²) >= 11 is 0. The fraction of sp³-hybridized carbons (Fsp3) is 0.368. The Morgan fingerprint density at radius 2 is 2.13 bits per heavy atom. The third kappa shape index (κ3) is 3.81. The number of aliphatic hydroxyl groups is 1. The number of rotatable bonds is 4. The van der Waals surface area contributed by atoms with E-state index in [1.165, 1.54) is 12.1 Å². The SMILES string of the molecule is O=C1CCc2cc(C(=O)Nc3ccn(C4OC(CO)CC4(F)F)c(=O)n3)ccc2N1. The largest absolute Gasteiger partial charge is 0.394 e. The molecule has 158 valence electrons. The predicted octanol–water partition coefficient (Wildman–Crippen LogP) is 1.30. The Bertz CT molecular complexity index is 1070. The average molecular weight is 420 g/mol. The molecule has 2 aromatic rings. The van der Waals surface area contributed by atoms with Gasteiger partial charge in [0.25, 0.3) is 11.8 Å². The summed E-state index contributed by atoms with van der Waals surface area (Å²) in [5, 5.41) is 14.2. The molecule has 9 nitrogen and oxygen atoms in total. The van der Waals surface area contributed by atoms with Crippen molar-refractivity contribution in [2.24, 2.45) is 0 Å². The minimum absolute atomic E-state index is 0.0911. The zero-order chi connectivity index (χ0) is 21.5. The first-order chi connectivity index (χ1) is 14.3. The number of anilines is 2. The monoisotopic (exact) mass is 420 g/mol. The second kappa shape index (κ2) is 7.58. The Hall–Kier alpha value is -3.18. The lowest BCUT2D eigenvalue weighted by molar-refractivity contribution is -0.120. The highest BCUT2D eigenvalue weighted by molar-refractivity contribution is 6.04. The van der Waals surface area contributed by atoms with Crippen molar-refractivity contribution < 1.29 is 28.2 Å². The second-order valence-electron chi connectivity index (χ2n) is 7.14. The average Bonchev–Trinajstić information content (AvgIpc) is 3.02. The van der Waals surface area contributed by atoms with Crippen LogP contribution in [0.1, 0.15) is 35.0 Å². The molecular formula is C19H18F2N4O5. The molecule has 3 N–H and O–H groups in total. The third-order valence-corrected chi connectivity index (χ3v) is 4.97. The van der Waals surface area contributed by atoms with Gasteiger partial charge >= 0.3 is 5.69 Å². The van der Waals surface area contributed by atoms with E-state index in [0.29, 0.717) is 28.7 Å². The molecule has 1 fully saturated rings. The lowest BCUT2D eigenvalue weighted by Crippen LogP contribution is -2.35. The number of carbonyl (C=O) groups excluding carboxylic acids is 2. The van der Waals surface area contributed by atoms with Gasteiger partial charge in [-0.1, -0.05) is 0 Å². The number of aromatic nitrogens is 2. The van der Waals surface area contributed by atoms with Crippen molar-refractivity contribution in [3.63, 3.8) is 0 Å². The van der Waals surface area contributed by atoms with Gasteiger partial charge in [-0.15, -0.1) is 0 Å². The molecule has 2 atom stereocenters. The number of carbonyl (C=O) groups is 2. The Kier molecular flexibility index (Phi) is 5.08. The van der Waals surface area contributed by atoms with Gasteiger partial charge in [0.15, 0.2) is 0 Å². The summed E-state index contributed by atoms with van der Waals surface area (Å²) in [6.07, 6.45) is -1.78. The Balaban J connectivity index is 1.51. The topological polar surface area (TPSA) is 123 Å².